The first-order valence-corrected chi connectivity index (χ1v) is 9.80. The molecule has 0 bridgehead atoms. The largest absolute Gasteiger partial charge is 0.480 e. The van der Waals surface area contributed by atoms with Crippen molar-refractivity contribution in [2.24, 2.45) is 0 Å². The van der Waals surface area contributed by atoms with E-state index in [1.807, 2.05) is 0 Å². The third-order valence-electron chi connectivity index (χ3n) is 4.77. The number of carboxylic acid groups (broad SMARTS) is 1. The van der Waals surface area contributed by atoms with Crippen LogP contribution in [-0.2, 0) is 33.6 Å². The number of nitrogens with one attached hydrogen (secondary N) is 1. The van der Waals surface area contributed by atoms with E-state index in [2.05, 4.69) is 5.32 Å². The summed E-state index contributed by atoms with van der Waals surface area (Å²) in [7, 11) is 0. The van der Waals surface area contributed by atoms with E-state index in [9.17, 15) is 38.7 Å². The maximum absolute atomic E-state index is 12.0. The van der Waals surface area contributed by atoms with E-state index in [1.54, 1.807) is 0 Å². The highest BCUT2D eigenvalue weighted by Gasteiger charge is 2.25. The van der Waals surface area contributed by atoms with Crippen LogP contribution in [0, 0.1) is 0 Å². The highest BCUT2D eigenvalue weighted by atomic mass is 16.4. The molecule has 0 radical (unpaired) electrons. The molecule has 0 aromatic heterocycles. The van der Waals surface area contributed by atoms with Crippen molar-refractivity contribution in [1.82, 2.24) is 15.1 Å². The van der Waals surface area contributed by atoms with Gasteiger partial charge >= 0.3 is 5.97 Å². The number of rotatable bonds is 13. The van der Waals surface area contributed by atoms with Crippen LogP contribution >= 0.6 is 0 Å². The highest BCUT2D eigenvalue weighted by Crippen LogP contribution is 2.09. The molecule has 5 amide bonds. The Labute approximate surface area is 177 Å². The number of nitrogens with zero attached hydrogens (tertiary/aromatic N) is 2. The summed E-state index contributed by atoms with van der Waals surface area (Å²) >= 11 is 0. The van der Waals surface area contributed by atoms with Crippen LogP contribution in [0.4, 0.5) is 0 Å². The van der Waals surface area contributed by atoms with E-state index < -0.39 is 41.5 Å². The van der Waals surface area contributed by atoms with Gasteiger partial charge in [0.25, 0.3) is 23.6 Å². The Hall–Kier alpha value is -3.63. The van der Waals surface area contributed by atoms with Gasteiger partial charge in [-0.15, -0.1) is 0 Å². The normalized spacial score (nSPS) is 16.4. The van der Waals surface area contributed by atoms with E-state index in [1.165, 1.54) is 0 Å². The summed E-state index contributed by atoms with van der Waals surface area (Å²) in [5.41, 5.74) is 0. The average Bonchev–Trinajstić information content (AvgIpc) is 3.20. The molecular formula is C20H23N3O8. The predicted molar refractivity (Wildman–Crippen MR) is 104 cm³/mol. The zero-order chi connectivity index (χ0) is 23.0. The minimum absolute atomic E-state index is 0.0475. The van der Waals surface area contributed by atoms with Crippen molar-refractivity contribution < 1.29 is 38.7 Å². The maximum Gasteiger partial charge on any atom is 0.326 e. The van der Waals surface area contributed by atoms with Crippen LogP contribution in [0.5, 0.6) is 0 Å². The third kappa shape index (κ3) is 6.98. The number of imide groups is 2. The molecule has 11 heteroatoms. The molecule has 31 heavy (non-hydrogen) atoms. The number of amides is 5. The summed E-state index contributed by atoms with van der Waals surface area (Å²) in [5.74, 6) is -3.86. The second-order valence-electron chi connectivity index (χ2n) is 7.07. The molecule has 0 spiro atoms. The Morgan fingerprint density at radius 1 is 0.774 bits per heavy atom. The van der Waals surface area contributed by atoms with Gasteiger partial charge in [-0.2, -0.15) is 0 Å². The average molecular weight is 433 g/mol. The molecule has 0 aromatic rings. The van der Waals surface area contributed by atoms with Crippen LogP contribution in [0.1, 0.15) is 38.5 Å². The lowest BCUT2D eigenvalue weighted by Gasteiger charge is -2.16. The smallest absolute Gasteiger partial charge is 0.326 e. The lowest BCUT2D eigenvalue weighted by atomic mass is 10.1. The molecule has 0 fully saturated rings. The lowest BCUT2D eigenvalue weighted by Crippen LogP contribution is -2.41. The van der Waals surface area contributed by atoms with Crippen LogP contribution in [0.25, 0.3) is 0 Å². The highest BCUT2D eigenvalue weighted by molar-refractivity contribution is 6.13. The summed E-state index contributed by atoms with van der Waals surface area (Å²) in [6, 6.07) is -1.25. The van der Waals surface area contributed by atoms with Crippen molar-refractivity contribution >= 4 is 41.3 Å². The number of hydrogen-bond acceptors (Lipinski definition) is 7. The molecule has 2 aliphatic heterocycles. The first kappa shape index (κ1) is 23.6. The minimum Gasteiger partial charge on any atom is -0.480 e. The summed E-state index contributed by atoms with van der Waals surface area (Å²) in [6.07, 6.45) is 4.84. The van der Waals surface area contributed by atoms with Gasteiger partial charge in [-0.1, -0.05) is 0 Å². The molecule has 0 aromatic carbocycles. The monoisotopic (exact) mass is 433 g/mol. The van der Waals surface area contributed by atoms with Gasteiger partial charge in [-0.3, -0.25) is 38.6 Å². The quantitative estimate of drug-likeness (QED) is 0.361. The van der Waals surface area contributed by atoms with Crippen molar-refractivity contribution in [3.05, 3.63) is 24.3 Å². The van der Waals surface area contributed by atoms with Crippen molar-refractivity contribution in [1.29, 1.82) is 0 Å². The van der Waals surface area contributed by atoms with Gasteiger partial charge in [-0.25, -0.2) is 4.79 Å². The molecule has 0 saturated heterocycles. The Morgan fingerprint density at radius 3 is 1.68 bits per heavy atom. The van der Waals surface area contributed by atoms with Crippen LogP contribution in [0.2, 0.25) is 0 Å². The number of carboxylic acids is 1. The molecule has 1 atom stereocenters. The molecule has 11 nitrogen and oxygen atoms in total. The number of carbonyl (C=O) groups excluding carboxylic acids is 6. The van der Waals surface area contributed by atoms with Gasteiger partial charge in [0.05, 0.1) is 0 Å². The predicted octanol–water partition coefficient (Wildman–Crippen LogP) is -0.684. The zero-order valence-electron chi connectivity index (χ0n) is 16.7. The number of hydrogen-bond donors (Lipinski definition) is 2. The second kappa shape index (κ2) is 11.0. The fourth-order valence-electron chi connectivity index (χ4n) is 3.09. The van der Waals surface area contributed by atoms with Gasteiger partial charge in [0.2, 0.25) is 5.91 Å². The first-order chi connectivity index (χ1) is 14.7. The van der Waals surface area contributed by atoms with Gasteiger partial charge < -0.3 is 10.4 Å². The number of carbonyl (C=O) groups is 7. The summed E-state index contributed by atoms with van der Waals surface area (Å²) in [6.45, 7) is 0.152. The standard InChI is InChI=1S/C20H23N3O8/c24-13(3-1-11-22-16(26)7-8-17(22)27)5-6-14(20(30)31)21-15(25)4-2-12-23-18(28)9-10-19(23)29/h7-10,14H,1-6,11-12H2,(H,21,25)(H,30,31)/t14-/m0/s1. The fraction of sp³-hybridized carbons (Fsp3) is 0.450. The Morgan fingerprint density at radius 2 is 1.23 bits per heavy atom. The van der Waals surface area contributed by atoms with Crippen molar-refractivity contribution in [3.63, 3.8) is 0 Å². The van der Waals surface area contributed by atoms with Crippen molar-refractivity contribution in [3.8, 4) is 0 Å². The van der Waals surface area contributed by atoms with Gasteiger partial charge in [-0.05, 0) is 19.3 Å². The number of Topliss-reactive ketones (excluding diaryl/α,β-unsaturated/α-hetero) is 1. The van der Waals surface area contributed by atoms with E-state index in [4.69, 9.17) is 0 Å². The van der Waals surface area contributed by atoms with Crippen molar-refractivity contribution in [2.45, 2.75) is 44.6 Å². The molecule has 166 valence electrons. The number of ketones is 1. The summed E-state index contributed by atoms with van der Waals surface area (Å²) < 4.78 is 0. The van der Waals surface area contributed by atoms with Crippen LogP contribution in [0.3, 0.4) is 0 Å². The summed E-state index contributed by atoms with van der Waals surface area (Å²) in [4.78, 5) is 83.0. The third-order valence-corrected chi connectivity index (χ3v) is 4.77. The summed E-state index contributed by atoms with van der Waals surface area (Å²) in [5, 5.41) is 11.6. The van der Waals surface area contributed by atoms with Gasteiger partial charge in [0, 0.05) is 56.7 Å². The maximum atomic E-state index is 12.0. The molecule has 2 rings (SSSR count). The number of aliphatic carboxylic acids is 1. The molecule has 2 N–H and O–H groups in total. The second-order valence-corrected chi connectivity index (χ2v) is 7.07. The van der Waals surface area contributed by atoms with Crippen molar-refractivity contribution in [2.75, 3.05) is 13.1 Å². The Balaban J connectivity index is 1.66. The van der Waals surface area contributed by atoms with Crippen LogP contribution in [0.15, 0.2) is 24.3 Å². The first-order valence-electron chi connectivity index (χ1n) is 9.80. The van der Waals surface area contributed by atoms with Crippen LogP contribution < -0.4 is 5.32 Å². The lowest BCUT2D eigenvalue weighted by molar-refractivity contribution is -0.142. The molecule has 2 heterocycles. The zero-order valence-corrected chi connectivity index (χ0v) is 16.7. The van der Waals surface area contributed by atoms with Gasteiger partial charge in [0.1, 0.15) is 11.8 Å². The molecular weight excluding hydrogens is 410 g/mol. The minimum atomic E-state index is -1.28. The van der Waals surface area contributed by atoms with E-state index in [0.717, 1.165) is 34.1 Å². The van der Waals surface area contributed by atoms with E-state index in [0.29, 0.717) is 0 Å². The fourth-order valence-corrected chi connectivity index (χ4v) is 3.09. The van der Waals surface area contributed by atoms with Crippen LogP contribution in [-0.4, -0.2) is 75.3 Å². The molecule has 0 saturated carbocycles. The molecule has 0 unspecified atom stereocenters. The Bertz CT molecular complexity index is 824. The van der Waals surface area contributed by atoms with E-state index in [-0.39, 0.29) is 57.4 Å². The topological polar surface area (TPSA) is 158 Å². The molecule has 0 aliphatic carbocycles. The Kier molecular flexibility index (Phi) is 8.35. The van der Waals surface area contributed by atoms with E-state index >= 15 is 0 Å². The SMILES string of the molecule is O=C(CCCN1C(=O)C=CC1=O)CC[C@H](NC(=O)CCCN1C(=O)C=CC1=O)C(=O)O. The van der Waals surface area contributed by atoms with Gasteiger partial charge in [0.15, 0.2) is 0 Å². The molecule has 2 aliphatic rings.